The van der Waals surface area contributed by atoms with Gasteiger partial charge in [0.15, 0.2) is 5.96 Å². The summed E-state index contributed by atoms with van der Waals surface area (Å²) in [4.78, 5) is 21.0. The van der Waals surface area contributed by atoms with Crippen molar-refractivity contribution >= 4 is 23.5 Å². The molecule has 154 valence electrons. The predicted molar refractivity (Wildman–Crippen MR) is 113 cm³/mol. The smallest absolute Gasteiger partial charge is 0.242 e. The molecule has 1 aromatic carbocycles. The number of carbonyl (C=O) groups excluding carboxylic acids is 1. The number of amides is 1. The number of carbonyl (C=O) groups is 1. The van der Waals surface area contributed by atoms with E-state index in [1.54, 1.807) is 14.2 Å². The maximum absolute atomic E-state index is 12.7. The van der Waals surface area contributed by atoms with Crippen molar-refractivity contribution in [3.05, 3.63) is 34.9 Å². The lowest BCUT2D eigenvalue weighted by molar-refractivity contribution is -0.135. The largest absolute Gasteiger partial charge is 0.385 e. The number of halogens is 1. The number of ether oxygens (including phenoxy) is 1. The maximum Gasteiger partial charge on any atom is 0.242 e. The van der Waals surface area contributed by atoms with Crippen molar-refractivity contribution in [1.82, 2.24) is 15.1 Å². The Morgan fingerprint density at radius 2 is 2.04 bits per heavy atom. The van der Waals surface area contributed by atoms with E-state index >= 15 is 0 Å². The first-order chi connectivity index (χ1) is 13.5. The van der Waals surface area contributed by atoms with Gasteiger partial charge in [0.25, 0.3) is 0 Å². The van der Waals surface area contributed by atoms with Crippen LogP contribution in [0.2, 0.25) is 5.02 Å². The third-order valence-electron chi connectivity index (χ3n) is 5.99. The minimum atomic E-state index is 0.127. The molecular weight excluding hydrogens is 376 g/mol. The highest BCUT2D eigenvalue weighted by Gasteiger charge is 2.37. The van der Waals surface area contributed by atoms with E-state index in [4.69, 9.17) is 16.3 Å². The van der Waals surface area contributed by atoms with Crippen LogP contribution in [0.15, 0.2) is 29.3 Å². The van der Waals surface area contributed by atoms with Crippen LogP contribution in [-0.4, -0.2) is 68.6 Å². The van der Waals surface area contributed by atoms with Crippen LogP contribution >= 0.6 is 11.6 Å². The third kappa shape index (κ3) is 5.17. The van der Waals surface area contributed by atoms with E-state index in [1.807, 2.05) is 29.2 Å². The van der Waals surface area contributed by atoms with E-state index in [9.17, 15) is 4.79 Å². The number of nitrogens with zero attached hydrogens (tertiary/aromatic N) is 3. The Kier molecular flexibility index (Phi) is 7.18. The van der Waals surface area contributed by atoms with Crippen molar-refractivity contribution < 1.29 is 9.53 Å². The number of methoxy groups -OCH3 is 1. The first-order valence-electron chi connectivity index (χ1n) is 10.0. The molecule has 1 amide bonds. The van der Waals surface area contributed by atoms with Gasteiger partial charge < -0.3 is 19.9 Å². The Balaban J connectivity index is 1.51. The van der Waals surface area contributed by atoms with Crippen molar-refractivity contribution in [2.45, 2.75) is 32.2 Å². The molecule has 0 unspecified atom stereocenters. The number of aliphatic imine (C=N–C) groups is 1. The van der Waals surface area contributed by atoms with Gasteiger partial charge in [-0.3, -0.25) is 9.79 Å². The van der Waals surface area contributed by atoms with Crippen molar-refractivity contribution in [3.63, 3.8) is 0 Å². The fourth-order valence-electron chi connectivity index (χ4n) is 3.98. The molecule has 7 heteroatoms. The van der Waals surface area contributed by atoms with Gasteiger partial charge in [-0.15, -0.1) is 0 Å². The first kappa shape index (κ1) is 20.9. The molecule has 2 fully saturated rings. The number of hydrogen-bond donors (Lipinski definition) is 1. The Labute approximate surface area is 172 Å². The zero-order valence-corrected chi connectivity index (χ0v) is 17.7. The number of nitrogens with one attached hydrogen (secondary N) is 1. The van der Waals surface area contributed by atoms with Crippen LogP contribution in [0.4, 0.5) is 0 Å². The molecule has 1 aliphatic carbocycles. The predicted octanol–water partition coefficient (Wildman–Crippen LogP) is 2.77. The highest BCUT2D eigenvalue weighted by molar-refractivity contribution is 6.30. The zero-order valence-electron chi connectivity index (χ0n) is 16.9. The number of piperazine rings is 1. The molecule has 0 atom stereocenters. The molecular formula is C21H31ClN4O2. The topological polar surface area (TPSA) is 57.2 Å². The Hall–Kier alpha value is -1.79. The second-order valence-corrected chi connectivity index (χ2v) is 8.30. The van der Waals surface area contributed by atoms with Gasteiger partial charge in [0.2, 0.25) is 5.91 Å². The summed E-state index contributed by atoms with van der Waals surface area (Å²) in [6.07, 6.45) is 4.81. The van der Waals surface area contributed by atoms with E-state index in [1.165, 1.54) is 19.3 Å². The summed E-state index contributed by atoms with van der Waals surface area (Å²) in [6, 6.07) is 7.67. The molecule has 1 saturated carbocycles. The normalized spacial score (nSPS) is 19.5. The van der Waals surface area contributed by atoms with Gasteiger partial charge in [0.1, 0.15) is 0 Å². The molecule has 1 heterocycles. The fourth-order valence-corrected chi connectivity index (χ4v) is 4.10. The lowest BCUT2D eigenvalue weighted by atomic mass is 9.67. The van der Waals surface area contributed by atoms with Gasteiger partial charge in [-0.05, 0) is 42.4 Å². The molecule has 0 bridgehead atoms. The average Bonchev–Trinajstić information content (AvgIpc) is 2.67. The Morgan fingerprint density at radius 3 is 2.61 bits per heavy atom. The lowest BCUT2D eigenvalue weighted by Crippen LogP contribution is -2.56. The maximum atomic E-state index is 12.7. The number of guanidine groups is 1. The van der Waals surface area contributed by atoms with Crippen LogP contribution in [0.1, 0.15) is 31.2 Å². The zero-order chi connectivity index (χ0) is 20.0. The van der Waals surface area contributed by atoms with Crippen LogP contribution < -0.4 is 5.32 Å². The second kappa shape index (κ2) is 9.61. The molecule has 3 rings (SSSR count). The van der Waals surface area contributed by atoms with Gasteiger partial charge in [-0.2, -0.15) is 0 Å². The van der Waals surface area contributed by atoms with Crippen LogP contribution in [0.3, 0.4) is 0 Å². The van der Waals surface area contributed by atoms with Crippen LogP contribution in [0.5, 0.6) is 0 Å². The number of rotatable bonds is 7. The van der Waals surface area contributed by atoms with Gasteiger partial charge in [0.05, 0.1) is 6.54 Å². The molecule has 28 heavy (non-hydrogen) atoms. The van der Waals surface area contributed by atoms with E-state index in [2.05, 4.69) is 15.2 Å². The summed E-state index contributed by atoms with van der Waals surface area (Å²) >= 11 is 5.94. The monoisotopic (exact) mass is 406 g/mol. The Bertz CT molecular complexity index is 688. The van der Waals surface area contributed by atoms with Crippen molar-refractivity contribution in [1.29, 1.82) is 0 Å². The minimum absolute atomic E-state index is 0.127. The van der Waals surface area contributed by atoms with Gasteiger partial charge in [0, 0.05) is 52.0 Å². The average molecular weight is 407 g/mol. The van der Waals surface area contributed by atoms with Crippen LogP contribution in [0, 0.1) is 5.41 Å². The first-order valence-corrected chi connectivity index (χ1v) is 10.4. The summed E-state index contributed by atoms with van der Waals surface area (Å²) in [5.41, 5.74) is 1.41. The second-order valence-electron chi connectivity index (χ2n) is 7.86. The molecule has 1 aliphatic heterocycles. The third-order valence-corrected chi connectivity index (χ3v) is 6.24. The van der Waals surface area contributed by atoms with Gasteiger partial charge in [-0.25, -0.2) is 0 Å². The van der Waals surface area contributed by atoms with Crippen molar-refractivity contribution in [2.24, 2.45) is 10.4 Å². The molecule has 6 nitrogen and oxygen atoms in total. The standard InChI is InChI=1S/C21H31ClN4O2/c1-23-20(24-16-21(8-3-9-21)10-13-28-2)26-12-11-25(19(27)15-26)14-17-4-6-18(22)7-5-17/h4-7H,3,8-16H2,1-2H3,(H,23,24). The quantitative estimate of drug-likeness (QED) is 0.558. The van der Waals surface area contributed by atoms with Crippen molar-refractivity contribution in [3.8, 4) is 0 Å². The van der Waals surface area contributed by atoms with E-state index < -0.39 is 0 Å². The molecule has 1 N–H and O–H groups in total. The van der Waals surface area contributed by atoms with E-state index in [-0.39, 0.29) is 5.91 Å². The SMILES string of the molecule is CN=C(NCC1(CCOC)CCC1)N1CCN(Cc2ccc(Cl)cc2)C(=O)C1. The molecule has 2 aliphatic rings. The molecule has 1 saturated heterocycles. The molecule has 1 aromatic rings. The number of hydrogen-bond acceptors (Lipinski definition) is 3. The van der Waals surface area contributed by atoms with E-state index in [0.29, 0.717) is 30.1 Å². The molecule has 0 spiro atoms. The Morgan fingerprint density at radius 1 is 1.29 bits per heavy atom. The highest BCUT2D eigenvalue weighted by Crippen LogP contribution is 2.43. The van der Waals surface area contributed by atoms with Crippen molar-refractivity contribution in [2.75, 3.05) is 46.9 Å². The molecule has 0 radical (unpaired) electrons. The lowest BCUT2D eigenvalue weighted by Gasteiger charge is -2.43. The highest BCUT2D eigenvalue weighted by atomic mass is 35.5. The summed E-state index contributed by atoms with van der Waals surface area (Å²) in [5.74, 6) is 0.949. The van der Waals surface area contributed by atoms with Gasteiger partial charge in [-0.1, -0.05) is 30.2 Å². The van der Waals surface area contributed by atoms with Gasteiger partial charge >= 0.3 is 0 Å². The summed E-state index contributed by atoms with van der Waals surface area (Å²) in [5, 5.41) is 4.23. The summed E-state index contributed by atoms with van der Waals surface area (Å²) in [7, 11) is 3.54. The molecule has 0 aromatic heterocycles. The van der Waals surface area contributed by atoms with Crippen LogP contribution in [0.25, 0.3) is 0 Å². The van der Waals surface area contributed by atoms with Crippen LogP contribution in [-0.2, 0) is 16.1 Å². The number of benzene rings is 1. The fraction of sp³-hybridized carbons (Fsp3) is 0.619. The summed E-state index contributed by atoms with van der Waals surface area (Å²) < 4.78 is 5.28. The summed E-state index contributed by atoms with van der Waals surface area (Å²) in [6.45, 7) is 4.14. The minimum Gasteiger partial charge on any atom is -0.385 e. The van der Waals surface area contributed by atoms with E-state index in [0.717, 1.165) is 37.6 Å².